The van der Waals surface area contributed by atoms with Crippen LogP contribution in [0.2, 0.25) is 5.02 Å². The van der Waals surface area contributed by atoms with E-state index in [0.29, 0.717) is 23.7 Å². The summed E-state index contributed by atoms with van der Waals surface area (Å²) in [5.41, 5.74) is 0.867. The lowest BCUT2D eigenvalue weighted by molar-refractivity contribution is -0.125. The first-order valence-electron chi connectivity index (χ1n) is 10.7. The Hall–Kier alpha value is -3.21. The van der Waals surface area contributed by atoms with Crippen LogP contribution >= 0.6 is 11.6 Å². The Morgan fingerprint density at radius 3 is 2.56 bits per heavy atom. The Kier molecular flexibility index (Phi) is 7.30. The molecule has 0 bridgehead atoms. The average molecular weight is 491 g/mol. The largest absolute Gasteiger partial charge is 0.380 e. The molecule has 2 aromatic rings. The number of carbonyl (C=O) groups excluding carboxylic acids is 3. The van der Waals surface area contributed by atoms with Gasteiger partial charge in [-0.1, -0.05) is 11.6 Å². The van der Waals surface area contributed by atoms with E-state index in [2.05, 4.69) is 10.6 Å². The quantitative estimate of drug-likeness (QED) is 0.671. The molecule has 9 nitrogen and oxygen atoms in total. The minimum atomic E-state index is -0.819. The van der Waals surface area contributed by atoms with Gasteiger partial charge in [0.1, 0.15) is 18.5 Å². The Balaban J connectivity index is 1.45. The standard InChI is InChI=1S/C23H24ClFN4O5/c1-33-17-11-20(29(12-17)23(32)27-15-4-2-14(24)3-5-15)22(31)26-16-6-7-19(18(25)10-16)28-8-9-34-13-21(28)30/h2-7,10,17,20H,8-9,11-13H2,1H3,(H,26,31)(H,27,32)/t17-,20-/m1/s1. The van der Waals surface area contributed by atoms with Crippen molar-refractivity contribution in [3.05, 3.63) is 53.3 Å². The molecule has 2 aliphatic heterocycles. The predicted octanol–water partition coefficient (Wildman–Crippen LogP) is 3.10. The van der Waals surface area contributed by atoms with E-state index in [4.69, 9.17) is 21.1 Å². The summed E-state index contributed by atoms with van der Waals surface area (Å²) in [5.74, 6) is -1.45. The minimum absolute atomic E-state index is 0.103. The van der Waals surface area contributed by atoms with Crippen molar-refractivity contribution in [2.75, 3.05) is 48.9 Å². The molecular formula is C23H24ClFN4O5. The van der Waals surface area contributed by atoms with Gasteiger partial charge in [0, 0.05) is 43.0 Å². The summed E-state index contributed by atoms with van der Waals surface area (Å²) in [7, 11) is 1.52. The van der Waals surface area contributed by atoms with Crippen molar-refractivity contribution in [2.24, 2.45) is 0 Å². The second-order valence-corrected chi connectivity index (χ2v) is 8.39. The molecule has 4 amide bonds. The van der Waals surface area contributed by atoms with Crippen LogP contribution < -0.4 is 15.5 Å². The van der Waals surface area contributed by atoms with Crippen LogP contribution in [0.15, 0.2) is 42.5 Å². The normalized spacial score (nSPS) is 20.4. The molecule has 0 spiro atoms. The summed E-state index contributed by atoms with van der Waals surface area (Å²) in [4.78, 5) is 40.6. The van der Waals surface area contributed by atoms with Gasteiger partial charge in [-0.2, -0.15) is 0 Å². The zero-order valence-corrected chi connectivity index (χ0v) is 19.2. The zero-order valence-electron chi connectivity index (χ0n) is 18.4. The number of rotatable bonds is 5. The van der Waals surface area contributed by atoms with Gasteiger partial charge in [0.2, 0.25) is 5.91 Å². The molecule has 0 aliphatic carbocycles. The van der Waals surface area contributed by atoms with Gasteiger partial charge >= 0.3 is 6.03 Å². The number of nitrogens with one attached hydrogen (secondary N) is 2. The number of methoxy groups -OCH3 is 1. The van der Waals surface area contributed by atoms with E-state index < -0.39 is 23.8 Å². The molecule has 0 radical (unpaired) electrons. The summed E-state index contributed by atoms with van der Waals surface area (Å²) in [6.45, 7) is 0.689. The molecule has 11 heteroatoms. The maximum atomic E-state index is 14.7. The number of hydrogen-bond donors (Lipinski definition) is 2. The average Bonchev–Trinajstić information content (AvgIpc) is 3.26. The summed E-state index contributed by atoms with van der Waals surface area (Å²) < 4.78 is 25.2. The predicted molar refractivity (Wildman–Crippen MR) is 125 cm³/mol. The molecule has 2 saturated heterocycles. The van der Waals surface area contributed by atoms with Crippen LogP contribution in [0.3, 0.4) is 0 Å². The molecular weight excluding hydrogens is 467 g/mol. The van der Waals surface area contributed by atoms with Gasteiger partial charge in [-0.25, -0.2) is 9.18 Å². The molecule has 34 heavy (non-hydrogen) atoms. The summed E-state index contributed by atoms with van der Waals surface area (Å²) in [5, 5.41) is 5.95. The molecule has 2 aliphatic rings. The SMILES string of the molecule is CO[C@@H]1C[C@H](C(=O)Nc2ccc(N3CCOCC3=O)c(F)c2)N(C(=O)Nc2ccc(Cl)cc2)C1. The van der Waals surface area contributed by atoms with Crippen LogP contribution in [0.1, 0.15) is 6.42 Å². The molecule has 2 N–H and O–H groups in total. The maximum absolute atomic E-state index is 14.7. The van der Waals surface area contributed by atoms with Crippen LogP contribution in [-0.2, 0) is 19.1 Å². The molecule has 2 atom stereocenters. The fraction of sp³-hybridized carbons (Fsp3) is 0.348. The van der Waals surface area contributed by atoms with Crippen molar-refractivity contribution in [3.8, 4) is 0 Å². The molecule has 2 heterocycles. The highest BCUT2D eigenvalue weighted by Gasteiger charge is 2.40. The first kappa shape index (κ1) is 23.9. The van der Waals surface area contributed by atoms with E-state index >= 15 is 0 Å². The Labute approximate surface area is 200 Å². The highest BCUT2D eigenvalue weighted by Crippen LogP contribution is 2.27. The number of anilines is 3. The smallest absolute Gasteiger partial charge is 0.322 e. The fourth-order valence-electron chi connectivity index (χ4n) is 3.97. The van der Waals surface area contributed by atoms with E-state index in [1.165, 1.54) is 29.0 Å². The van der Waals surface area contributed by atoms with Crippen molar-refractivity contribution in [3.63, 3.8) is 0 Å². The third-order valence-electron chi connectivity index (χ3n) is 5.75. The first-order valence-corrected chi connectivity index (χ1v) is 11.1. The fourth-order valence-corrected chi connectivity index (χ4v) is 4.10. The number of halogens is 2. The Morgan fingerprint density at radius 2 is 1.88 bits per heavy atom. The van der Waals surface area contributed by atoms with Gasteiger partial charge in [0.25, 0.3) is 5.91 Å². The van der Waals surface area contributed by atoms with Crippen molar-refractivity contribution in [1.82, 2.24) is 4.90 Å². The highest BCUT2D eigenvalue weighted by atomic mass is 35.5. The van der Waals surface area contributed by atoms with Gasteiger partial charge in [0.05, 0.1) is 18.4 Å². The molecule has 180 valence electrons. The maximum Gasteiger partial charge on any atom is 0.322 e. The van der Waals surface area contributed by atoms with Gasteiger partial charge in [-0.3, -0.25) is 9.59 Å². The lowest BCUT2D eigenvalue weighted by Gasteiger charge is -2.27. The van der Waals surface area contributed by atoms with Crippen LogP contribution in [0.4, 0.5) is 26.2 Å². The van der Waals surface area contributed by atoms with Crippen LogP contribution in [0, 0.1) is 5.82 Å². The number of morpholine rings is 1. The van der Waals surface area contributed by atoms with Crippen LogP contribution in [0.25, 0.3) is 0 Å². The van der Waals surface area contributed by atoms with Gasteiger partial charge < -0.3 is 29.9 Å². The van der Waals surface area contributed by atoms with Crippen molar-refractivity contribution in [1.29, 1.82) is 0 Å². The van der Waals surface area contributed by atoms with E-state index in [-0.39, 0.29) is 43.1 Å². The number of carbonyl (C=O) groups is 3. The third-order valence-corrected chi connectivity index (χ3v) is 6.00. The number of hydrogen-bond acceptors (Lipinski definition) is 5. The second kappa shape index (κ2) is 10.4. The zero-order chi connectivity index (χ0) is 24.2. The van der Waals surface area contributed by atoms with Crippen LogP contribution in [0.5, 0.6) is 0 Å². The van der Waals surface area contributed by atoms with Gasteiger partial charge in [0.15, 0.2) is 0 Å². The minimum Gasteiger partial charge on any atom is -0.380 e. The van der Waals surface area contributed by atoms with Gasteiger partial charge in [-0.15, -0.1) is 0 Å². The lowest BCUT2D eigenvalue weighted by atomic mass is 10.1. The number of benzene rings is 2. The summed E-state index contributed by atoms with van der Waals surface area (Å²) in [6.07, 6.45) is -0.0303. The van der Waals surface area contributed by atoms with E-state index in [1.807, 2.05) is 0 Å². The molecule has 2 aromatic carbocycles. The van der Waals surface area contributed by atoms with E-state index in [1.54, 1.807) is 24.3 Å². The first-order chi connectivity index (χ1) is 16.4. The van der Waals surface area contributed by atoms with E-state index in [9.17, 15) is 18.8 Å². The number of nitrogens with zero attached hydrogens (tertiary/aromatic N) is 2. The lowest BCUT2D eigenvalue weighted by Crippen LogP contribution is -2.45. The molecule has 4 rings (SSSR count). The third kappa shape index (κ3) is 5.30. The number of urea groups is 1. The number of amides is 4. The Morgan fingerprint density at radius 1 is 1.15 bits per heavy atom. The second-order valence-electron chi connectivity index (χ2n) is 7.95. The van der Waals surface area contributed by atoms with E-state index in [0.717, 1.165) is 6.07 Å². The highest BCUT2D eigenvalue weighted by molar-refractivity contribution is 6.30. The van der Waals surface area contributed by atoms with Crippen molar-refractivity contribution >= 4 is 46.5 Å². The molecule has 2 fully saturated rings. The van der Waals surface area contributed by atoms with Crippen LogP contribution in [-0.4, -0.2) is 68.3 Å². The molecule has 0 aromatic heterocycles. The summed E-state index contributed by atoms with van der Waals surface area (Å²) in [6, 6.07) is 9.42. The monoisotopic (exact) mass is 490 g/mol. The van der Waals surface area contributed by atoms with Gasteiger partial charge in [-0.05, 0) is 42.5 Å². The Bertz CT molecular complexity index is 1080. The number of likely N-dealkylation sites (tertiary alicyclic amines) is 1. The van der Waals surface area contributed by atoms with Crippen molar-refractivity contribution < 1.29 is 28.2 Å². The van der Waals surface area contributed by atoms with Crippen molar-refractivity contribution in [2.45, 2.75) is 18.6 Å². The molecule has 0 unspecified atom stereocenters. The summed E-state index contributed by atoms with van der Waals surface area (Å²) >= 11 is 5.88. The molecule has 0 saturated carbocycles. The number of ether oxygens (including phenoxy) is 2. The topological polar surface area (TPSA) is 100 Å².